The maximum Gasteiger partial charge on any atom is 0.331 e. The van der Waals surface area contributed by atoms with Crippen LogP contribution in [-0.2, 0) is 11.3 Å². The van der Waals surface area contributed by atoms with Crippen LogP contribution in [0.2, 0.25) is 0 Å². The Balaban J connectivity index is 1.79. The Bertz CT molecular complexity index is 892. The average Bonchev–Trinajstić information content (AvgIpc) is 2.84. The molecule has 0 aliphatic carbocycles. The first kappa shape index (κ1) is 14.2. The monoisotopic (exact) mass is 313 g/mol. The summed E-state index contributed by atoms with van der Waals surface area (Å²) in [5.41, 5.74) is 1.21. The van der Waals surface area contributed by atoms with Crippen molar-refractivity contribution in [1.82, 2.24) is 4.57 Å². The molecule has 22 heavy (non-hydrogen) atoms. The van der Waals surface area contributed by atoms with Gasteiger partial charge in [0.05, 0.1) is 10.2 Å². The lowest BCUT2D eigenvalue weighted by Crippen LogP contribution is -2.22. The molecule has 6 heteroatoms. The van der Waals surface area contributed by atoms with Crippen molar-refractivity contribution in [2.45, 2.75) is 6.54 Å². The Kier molecular flexibility index (Phi) is 3.84. The number of carbonyl (C=O) groups is 2. The van der Waals surface area contributed by atoms with Gasteiger partial charge in [0.25, 0.3) is 0 Å². The molecule has 0 unspecified atom stereocenters. The molecule has 0 fully saturated rings. The number of aromatic nitrogens is 1. The lowest BCUT2D eigenvalue weighted by Gasteiger charge is -2.05. The minimum atomic E-state index is -0.537. The first-order chi connectivity index (χ1) is 10.7. The van der Waals surface area contributed by atoms with E-state index in [-0.39, 0.29) is 11.4 Å². The summed E-state index contributed by atoms with van der Waals surface area (Å²) in [6.07, 6.45) is 0.711. The van der Waals surface area contributed by atoms with Crippen LogP contribution in [-0.4, -0.2) is 16.8 Å². The van der Waals surface area contributed by atoms with Crippen LogP contribution in [0.1, 0.15) is 10.4 Å². The number of hydrogen-bond donors (Lipinski definition) is 0. The van der Waals surface area contributed by atoms with E-state index in [1.54, 1.807) is 18.2 Å². The second-order valence-corrected chi connectivity index (χ2v) is 5.58. The zero-order chi connectivity index (χ0) is 15.5. The predicted molar refractivity (Wildman–Crippen MR) is 83.5 cm³/mol. The highest BCUT2D eigenvalue weighted by atomic mass is 32.1. The molecular weight excluding hydrogens is 302 g/mol. The summed E-state index contributed by atoms with van der Waals surface area (Å²) in [4.78, 5) is 34.3. The Morgan fingerprint density at radius 3 is 2.59 bits per heavy atom. The quantitative estimate of drug-likeness (QED) is 0.422. The van der Waals surface area contributed by atoms with Gasteiger partial charge >= 0.3 is 10.8 Å². The summed E-state index contributed by atoms with van der Waals surface area (Å²) < 4.78 is 7.40. The molecular formula is C16H11NO4S. The van der Waals surface area contributed by atoms with Crippen LogP contribution in [0.4, 0.5) is 0 Å². The van der Waals surface area contributed by atoms with Crippen molar-refractivity contribution in [2.75, 3.05) is 0 Å². The normalized spacial score (nSPS) is 10.5. The van der Waals surface area contributed by atoms with E-state index in [9.17, 15) is 14.4 Å². The number of hydrogen-bond acceptors (Lipinski definition) is 5. The standard InChI is InChI=1S/C16H11NO4S/c18-10-11-5-7-12(8-6-11)21-15(19)9-17-13-3-1-2-4-14(13)22-16(17)20/h1-8,10H,9H2. The maximum absolute atomic E-state index is 12.0. The maximum atomic E-state index is 12.0. The van der Waals surface area contributed by atoms with Crippen LogP contribution < -0.4 is 9.61 Å². The van der Waals surface area contributed by atoms with Crippen molar-refractivity contribution in [2.24, 2.45) is 0 Å². The predicted octanol–water partition coefficient (Wildman–Crippen LogP) is 2.48. The van der Waals surface area contributed by atoms with Gasteiger partial charge in [0.2, 0.25) is 0 Å². The molecule has 5 nitrogen and oxygen atoms in total. The van der Waals surface area contributed by atoms with Crippen molar-refractivity contribution in [1.29, 1.82) is 0 Å². The number of para-hydroxylation sites is 1. The molecule has 0 spiro atoms. The van der Waals surface area contributed by atoms with Crippen molar-refractivity contribution in [3.8, 4) is 5.75 Å². The zero-order valence-electron chi connectivity index (χ0n) is 11.4. The average molecular weight is 313 g/mol. The van der Waals surface area contributed by atoms with Crippen LogP contribution in [0, 0.1) is 0 Å². The topological polar surface area (TPSA) is 65.4 Å². The molecule has 0 aliphatic heterocycles. The zero-order valence-corrected chi connectivity index (χ0v) is 12.2. The van der Waals surface area contributed by atoms with E-state index in [1.165, 1.54) is 16.7 Å². The van der Waals surface area contributed by atoms with E-state index in [0.717, 1.165) is 16.0 Å². The SMILES string of the molecule is O=Cc1ccc(OC(=O)Cn2c(=O)sc3ccccc32)cc1. The van der Waals surface area contributed by atoms with E-state index >= 15 is 0 Å². The lowest BCUT2D eigenvalue weighted by molar-refractivity contribution is -0.135. The van der Waals surface area contributed by atoms with Crippen molar-refractivity contribution < 1.29 is 14.3 Å². The fourth-order valence-electron chi connectivity index (χ4n) is 2.07. The highest BCUT2D eigenvalue weighted by Crippen LogP contribution is 2.17. The van der Waals surface area contributed by atoms with Crippen LogP contribution >= 0.6 is 11.3 Å². The number of benzene rings is 2. The van der Waals surface area contributed by atoms with Gasteiger partial charge in [-0.2, -0.15) is 0 Å². The van der Waals surface area contributed by atoms with E-state index in [1.807, 2.05) is 18.2 Å². The second kappa shape index (κ2) is 5.95. The number of esters is 1. The lowest BCUT2D eigenvalue weighted by atomic mass is 10.2. The number of rotatable bonds is 4. The number of nitrogens with zero attached hydrogens (tertiary/aromatic N) is 1. The molecule has 0 atom stereocenters. The molecule has 0 amide bonds. The highest BCUT2D eigenvalue weighted by Gasteiger charge is 2.12. The van der Waals surface area contributed by atoms with Gasteiger partial charge in [-0.15, -0.1) is 0 Å². The highest BCUT2D eigenvalue weighted by molar-refractivity contribution is 7.16. The number of aldehydes is 1. The smallest absolute Gasteiger partial charge is 0.331 e. The third-order valence-corrected chi connectivity index (χ3v) is 4.07. The van der Waals surface area contributed by atoms with Crippen molar-refractivity contribution in [3.63, 3.8) is 0 Å². The van der Waals surface area contributed by atoms with Gasteiger partial charge in [-0.25, -0.2) is 4.79 Å². The van der Waals surface area contributed by atoms with E-state index < -0.39 is 5.97 Å². The molecule has 0 N–H and O–H groups in total. The first-order valence-corrected chi connectivity index (χ1v) is 7.33. The molecule has 1 aromatic heterocycles. The minimum absolute atomic E-state index is 0.154. The van der Waals surface area contributed by atoms with Gasteiger partial charge in [0.15, 0.2) is 0 Å². The van der Waals surface area contributed by atoms with Gasteiger partial charge in [0.1, 0.15) is 18.6 Å². The molecule has 0 aliphatic rings. The molecule has 0 radical (unpaired) electrons. The summed E-state index contributed by atoms with van der Waals surface area (Å²) in [7, 11) is 0. The van der Waals surface area contributed by atoms with Gasteiger partial charge in [0, 0.05) is 5.56 Å². The van der Waals surface area contributed by atoms with Crippen LogP contribution in [0.25, 0.3) is 10.2 Å². The summed E-state index contributed by atoms with van der Waals surface area (Å²) in [5, 5.41) is 0. The van der Waals surface area contributed by atoms with E-state index in [4.69, 9.17) is 4.74 Å². The number of ether oxygens (including phenoxy) is 1. The van der Waals surface area contributed by atoms with Gasteiger partial charge in [-0.3, -0.25) is 14.2 Å². The van der Waals surface area contributed by atoms with Gasteiger partial charge in [-0.1, -0.05) is 23.5 Å². The molecule has 2 aromatic carbocycles. The molecule has 0 bridgehead atoms. The van der Waals surface area contributed by atoms with E-state index in [0.29, 0.717) is 23.1 Å². The number of thiazole rings is 1. The molecule has 110 valence electrons. The summed E-state index contributed by atoms with van der Waals surface area (Å²) in [6.45, 7) is -0.154. The van der Waals surface area contributed by atoms with E-state index in [2.05, 4.69) is 0 Å². The summed E-state index contributed by atoms with van der Waals surface area (Å²) in [6, 6.07) is 13.5. The van der Waals surface area contributed by atoms with Crippen molar-refractivity contribution >= 4 is 33.8 Å². The minimum Gasteiger partial charge on any atom is -0.425 e. The third kappa shape index (κ3) is 2.82. The first-order valence-electron chi connectivity index (χ1n) is 6.51. The van der Waals surface area contributed by atoms with Crippen LogP contribution in [0.3, 0.4) is 0 Å². The molecule has 3 rings (SSSR count). The third-order valence-electron chi connectivity index (χ3n) is 3.11. The Labute approximate surface area is 129 Å². The number of carbonyl (C=O) groups excluding carboxylic acids is 2. The Morgan fingerprint density at radius 1 is 1.14 bits per heavy atom. The summed E-state index contributed by atoms with van der Waals surface area (Å²) >= 11 is 1.09. The molecule has 1 heterocycles. The Morgan fingerprint density at radius 2 is 1.86 bits per heavy atom. The molecule has 3 aromatic rings. The Hall–Kier alpha value is -2.73. The molecule has 0 saturated heterocycles. The van der Waals surface area contributed by atoms with Crippen molar-refractivity contribution in [3.05, 3.63) is 63.8 Å². The van der Waals surface area contributed by atoms with Crippen LogP contribution in [0.15, 0.2) is 53.3 Å². The van der Waals surface area contributed by atoms with Gasteiger partial charge < -0.3 is 4.74 Å². The largest absolute Gasteiger partial charge is 0.425 e. The van der Waals surface area contributed by atoms with Crippen LogP contribution in [0.5, 0.6) is 5.75 Å². The molecule has 0 saturated carbocycles. The fourth-order valence-corrected chi connectivity index (χ4v) is 2.96. The fraction of sp³-hybridized carbons (Fsp3) is 0.0625. The van der Waals surface area contributed by atoms with Gasteiger partial charge in [-0.05, 0) is 36.4 Å². The second-order valence-electron chi connectivity index (χ2n) is 4.58. The summed E-state index contributed by atoms with van der Waals surface area (Å²) in [5.74, 6) is -0.201. The number of fused-ring (bicyclic) bond motifs is 1.